The van der Waals surface area contributed by atoms with Gasteiger partial charge in [-0.15, -0.1) is 0 Å². The van der Waals surface area contributed by atoms with Crippen LogP contribution < -0.4 is 16.0 Å². The summed E-state index contributed by atoms with van der Waals surface area (Å²) in [5, 5.41) is 8.63. The van der Waals surface area contributed by atoms with E-state index >= 15 is 0 Å². The zero-order valence-corrected chi connectivity index (χ0v) is 11.0. The predicted molar refractivity (Wildman–Crippen MR) is 75.0 cm³/mol. The summed E-state index contributed by atoms with van der Waals surface area (Å²) in [6.07, 6.45) is 2.46. The van der Waals surface area contributed by atoms with E-state index in [0.29, 0.717) is 5.92 Å². The Morgan fingerprint density at radius 2 is 2.00 bits per heavy atom. The highest BCUT2D eigenvalue weighted by Gasteiger charge is 2.21. The second kappa shape index (κ2) is 6.22. The quantitative estimate of drug-likeness (QED) is 0.728. The number of carbonyl (C=O) groups is 2. The van der Waals surface area contributed by atoms with Crippen molar-refractivity contribution in [2.24, 2.45) is 5.92 Å². The fraction of sp³-hybridized carbons (Fsp3) is 0.429. The highest BCUT2D eigenvalue weighted by Crippen LogP contribution is 2.27. The van der Waals surface area contributed by atoms with Crippen molar-refractivity contribution in [3.8, 4) is 0 Å². The molecule has 1 aromatic carbocycles. The van der Waals surface area contributed by atoms with Crippen molar-refractivity contribution in [3.63, 3.8) is 0 Å². The second-order valence-corrected chi connectivity index (χ2v) is 4.86. The number of amides is 2. The van der Waals surface area contributed by atoms with Crippen LogP contribution in [-0.4, -0.2) is 24.9 Å². The molecule has 0 aromatic heterocycles. The van der Waals surface area contributed by atoms with Gasteiger partial charge < -0.3 is 16.0 Å². The number of benzene rings is 1. The zero-order valence-electron chi connectivity index (χ0n) is 11.0. The van der Waals surface area contributed by atoms with Crippen molar-refractivity contribution in [3.05, 3.63) is 24.3 Å². The van der Waals surface area contributed by atoms with Crippen LogP contribution in [0.25, 0.3) is 0 Å². The summed E-state index contributed by atoms with van der Waals surface area (Å²) in [6.45, 7) is 2.49. The minimum atomic E-state index is -0.112. The number of carbonyl (C=O) groups excluding carboxylic acids is 2. The first kappa shape index (κ1) is 13.4. The van der Waals surface area contributed by atoms with Gasteiger partial charge in [0.05, 0.1) is 6.54 Å². The molecule has 1 saturated carbocycles. The maximum absolute atomic E-state index is 11.6. The van der Waals surface area contributed by atoms with Crippen LogP contribution in [0.1, 0.15) is 19.8 Å². The van der Waals surface area contributed by atoms with Crippen LogP contribution in [0, 0.1) is 5.92 Å². The molecule has 0 unspecified atom stereocenters. The number of nitrogens with one attached hydrogen (secondary N) is 3. The molecule has 0 bridgehead atoms. The van der Waals surface area contributed by atoms with E-state index in [2.05, 4.69) is 16.0 Å². The minimum Gasteiger partial charge on any atom is -0.376 e. The van der Waals surface area contributed by atoms with Crippen LogP contribution in [0.3, 0.4) is 0 Å². The number of rotatable bonds is 6. The maximum atomic E-state index is 11.6. The Bertz CT molecular complexity index is 470. The lowest BCUT2D eigenvalue weighted by Crippen LogP contribution is -2.31. The Hall–Kier alpha value is -2.04. The third-order valence-electron chi connectivity index (χ3n) is 2.92. The normalized spacial score (nSPS) is 13.7. The van der Waals surface area contributed by atoms with Crippen LogP contribution in [0.15, 0.2) is 24.3 Å². The molecule has 1 aliphatic carbocycles. The lowest BCUT2D eigenvalue weighted by molar-refractivity contribution is -0.119. The molecule has 1 fully saturated rings. The summed E-state index contributed by atoms with van der Waals surface area (Å²) in [5.41, 5.74) is 1.53. The van der Waals surface area contributed by atoms with Gasteiger partial charge in [0.1, 0.15) is 0 Å². The monoisotopic (exact) mass is 261 g/mol. The van der Waals surface area contributed by atoms with E-state index in [1.54, 1.807) is 12.1 Å². The summed E-state index contributed by atoms with van der Waals surface area (Å²) in [4.78, 5) is 22.5. The topological polar surface area (TPSA) is 70.2 Å². The SMILES string of the molecule is CC(=O)Nc1cccc(NCC(=O)NCC2CC2)c1. The lowest BCUT2D eigenvalue weighted by Gasteiger charge is -2.09. The zero-order chi connectivity index (χ0) is 13.7. The molecule has 19 heavy (non-hydrogen) atoms. The third-order valence-corrected chi connectivity index (χ3v) is 2.92. The molecule has 0 atom stereocenters. The molecule has 0 spiro atoms. The van der Waals surface area contributed by atoms with E-state index in [1.165, 1.54) is 19.8 Å². The molecule has 1 aliphatic rings. The second-order valence-electron chi connectivity index (χ2n) is 4.86. The largest absolute Gasteiger partial charge is 0.376 e. The van der Waals surface area contributed by atoms with E-state index in [9.17, 15) is 9.59 Å². The van der Waals surface area contributed by atoms with Gasteiger partial charge in [-0.3, -0.25) is 9.59 Å². The maximum Gasteiger partial charge on any atom is 0.239 e. The van der Waals surface area contributed by atoms with Gasteiger partial charge in [-0.2, -0.15) is 0 Å². The molecule has 3 N–H and O–H groups in total. The van der Waals surface area contributed by atoms with Crippen molar-refractivity contribution in [1.29, 1.82) is 0 Å². The van der Waals surface area contributed by atoms with E-state index < -0.39 is 0 Å². The molecule has 2 amide bonds. The van der Waals surface area contributed by atoms with Gasteiger partial charge in [0.25, 0.3) is 0 Å². The van der Waals surface area contributed by atoms with Crippen LogP contribution in [0.5, 0.6) is 0 Å². The van der Waals surface area contributed by atoms with Gasteiger partial charge in [0.15, 0.2) is 0 Å². The highest BCUT2D eigenvalue weighted by molar-refractivity contribution is 5.89. The summed E-state index contributed by atoms with van der Waals surface area (Å²) < 4.78 is 0. The van der Waals surface area contributed by atoms with Gasteiger partial charge >= 0.3 is 0 Å². The Balaban J connectivity index is 1.77. The number of hydrogen-bond donors (Lipinski definition) is 3. The number of anilines is 2. The van der Waals surface area contributed by atoms with Crippen molar-refractivity contribution in [1.82, 2.24) is 5.32 Å². The van der Waals surface area contributed by atoms with Crippen molar-refractivity contribution in [2.75, 3.05) is 23.7 Å². The van der Waals surface area contributed by atoms with E-state index in [1.807, 2.05) is 12.1 Å². The lowest BCUT2D eigenvalue weighted by atomic mass is 10.2. The first-order chi connectivity index (χ1) is 9.13. The van der Waals surface area contributed by atoms with Crippen LogP contribution >= 0.6 is 0 Å². The predicted octanol–water partition coefficient (Wildman–Crippen LogP) is 1.58. The van der Waals surface area contributed by atoms with Gasteiger partial charge in [0.2, 0.25) is 11.8 Å². The molecule has 0 radical (unpaired) electrons. The van der Waals surface area contributed by atoms with Crippen LogP contribution in [0.2, 0.25) is 0 Å². The molecule has 5 nitrogen and oxygen atoms in total. The van der Waals surface area contributed by atoms with E-state index in [0.717, 1.165) is 17.9 Å². The first-order valence-electron chi connectivity index (χ1n) is 6.52. The third kappa shape index (κ3) is 4.99. The standard InChI is InChI=1S/C14H19N3O2/c1-10(18)17-13-4-2-3-12(7-13)15-9-14(19)16-8-11-5-6-11/h2-4,7,11,15H,5-6,8-9H2,1H3,(H,16,19)(H,17,18). The van der Waals surface area contributed by atoms with Crippen molar-refractivity contribution in [2.45, 2.75) is 19.8 Å². The smallest absolute Gasteiger partial charge is 0.239 e. The van der Waals surface area contributed by atoms with Gasteiger partial charge in [-0.1, -0.05) is 6.07 Å². The van der Waals surface area contributed by atoms with E-state index in [-0.39, 0.29) is 18.4 Å². The molecule has 1 aromatic rings. The average molecular weight is 261 g/mol. The summed E-state index contributed by atoms with van der Waals surface area (Å²) in [7, 11) is 0. The Morgan fingerprint density at radius 1 is 1.26 bits per heavy atom. The van der Waals surface area contributed by atoms with Crippen LogP contribution in [0.4, 0.5) is 11.4 Å². The summed E-state index contributed by atoms with van der Waals surface area (Å²) in [5.74, 6) is 0.572. The minimum absolute atomic E-state index is 0.00294. The van der Waals surface area contributed by atoms with Gasteiger partial charge in [0, 0.05) is 24.8 Å². The Morgan fingerprint density at radius 3 is 2.68 bits per heavy atom. The van der Waals surface area contributed by atoms with Gasteiger partial charge in [-0.05, 0) is 37.0 Å². The Kier molecular flexibility index (Phi) is 4.39. The molecular weight excluding hydrogens is 242 g/mol. The van der Waals surface area contributed by atoms with Crippen LogP contribution in [-0.2, 0) is 9.59 Å². The summed E-state index contributed by atoms with van der Waals surface area (Å²) in [6, 6.07) is 7.30. The molecule has 102 valence electrons. The summed E-state index contributed by atoms with van der Waals surface area (Å²) >= 11 is 0. The average Bonchev–Trinajstić information content (AvgIpc) is 3.17. The molecular formula is C14H19N3O2. The van der Waals surface area contributed by atoms with Gasteiger partial charge in [-0.25, -0.2) is 0 Å². The molecule has 5 heteroatoms. The first-order valence-corrected chi connectivity index (χ1v) is 6.52. The molecule has 0 aliphatic heterocycles. The van der Waals surface area contributed by atoms with E-state index in [4.69, 9.17) is 0 Å². The highest BCUT2D eigenvalue weighted by atomic mass is 16.2. The molecule has 0 saturated heterocycles. The number of hydrogen-bond acceptors (Lipinski definition) is 3. The Labute approximate surface area is 112 Å². The fourth-order valence-corrected chi connectivity index (χ4v) is 1.74. The molecule has 2 rings (SSSR count). The van der Waals surface area contributed by atoms with Crippen molar-refractivity contribution >= 4 is 23.2 Å². The van der Waals surface area contributed by atoms with Crippen molar-refractivity contribution < 1.29 is 9.59 Å². The molecule has 0 heterocycles. The fourth-order valence-electron chi connectivity index (χ4n) is 1.74.